The van der Waals surface area contributed by atoms with Crippen molar-refractivity contribution < 1.29 is 13.9 Å². The first-order valence-corrected chi connectivity index (χ1v) is 8.34. The van der Waals surface area contributed by atoms with E-state index in [2.05, 4.69) is 0 Å². The van der Waals surface area contributed by atoms with Crippen LogP contribution in [0.2, 0.25) is 0 Å². The number of benzene rings is 3. The van der Waals surface area contributed by atoms with Gasteiger partial charge in [-0.05, 0) is 69.8 Å². The van der Waals surface area contributed by atoms with Crippen LogP contribution >= 0.6 is 0 Å². The fraction of sp³-hybridized carbons (Fsp3) is 0.0435. The van der Waals surface area contributed by atoms with E-state index in [1.54, 1.807) is 24.3 Å². The maximum Gasteiger partial charge on any atom is 0.123 e. The van der Waals surface area contributed by atoms with Crippen LogP contribution in [0.15, 0.2) is 78.9 Å². The molecule has 1 aliphatic carbocycles. The van der Waals surface area contributed by atoms with Gasteiger partial charge in [-0.1, -0.05) is 48.5 Å². The van der Waals surface area contributed by atoms with Crippen LogP contribution in [-0.4, -0.2) is 5.11 Å². The zero-order valence-corrected chi connectivity index (χ0v) is 13.9. The molecule has 1 aliphatic rings. The molecule has 4 rings (SSSR count). The van der Waals surface area contributed by atoms with Crippen molar-refractivity contribution in [2.45, 2.75) is 6.10 Å². The third kappa shape index (κ3) is 3.09. The summed E-state index contributed by atoms with van der Waals surface area (Å²) in [6.07, 6.45) is 3.04. The molecule has 1 N–H and O–H groups in total. The molecule has 0 heterocycles. The third-order valence-corrected chi connectivity index (χ3v) is 4.53. The molecule has 3 aromatic rings. The van der Waals surface area contributed by atoms with Gasteiger partial charge < -0.3 is 5.11 Å². The van der Waals surface area contributed by atoms with Crippen LogP contribution in [0.4, 0.5) is 8.78 Å². The normalized spacial score (nSPS) is 15.7. The SMILES string of the molecule is OC(C1=C/C(=C\c2ccc(F)cc2)c2ccccc21)c1ccc(F)cc1. The summed E-state index contributed by atoms with van der Waals surface area (Å²) in [7, 11) is 0. The van der Waals surface area contributed by atoms with Gasteiger partial charge in [0.05, 0.1) is 0 Å². The van der Waals surface area contributed by atoms with Crippen molar-refractivity contribution in [3.63, 3.8) is 0 Å². The maximum absolute atomic E-state index is 13.2. The van der Waals surface area contributed by atoms with Crippen molar-refractivity contribution in [1.82, 2.24) is 0 Å². The standard InChI is InChI=1S/C23H16F2O/c24-18-9-5-15(6-10-18)13-17-14-22(21-4-2-1-3-20(17)21)23(26)16-7-11-19(25)12-8-16/h1-14,23,26H/b17-13+. The van der Waals surface area contributed by atoms with E-state index in [4.69, 9.17) is 0 Å². The van der Waals surface area contributed by atoms with E-state index < -0.39 is 6.10 Å². The van der Waals surface area contributed by atoms with E-state index in [0.717, 1.165) is 27.8 Å². The van der Waals surface area contributed by atoms with Crippen molar-refractivity contribution in [3.05, 3.63) is 113 Å². The minimum absolute atomic E-state index is 0.276. The summed E-state index contributed by atoms with van der Waals surface area (Å²) >= 11 is 0. The smallest absolute Gasteiger partial charge is 0.123 e. The molecule has 1 unspecified atom stereocenters. The summed E-state index contributed by atoms with van der Waals surface area (Å²) in [5.41, 5.74) is 5.18. The summed E-state index contributed by atoms with van der Waals surface area (Å²) in [4.78, 5) is 0. The fourth-order valence-electron chi connectivity index (χ4n) is 3.22. The molecule has 0 saturated carbocycles. The molecule has 0 amide bonds. The van der Waals surface area contributed by atoms with Crippen molar-refractivity contribution in [3.8, 4) is 0 Å². The average Bonchev–Trinajstić information content (AvgIpc) is 3.02. The highest BCUT2D eigenvalue weighted by Gasteiger charge is 2.24. The quantitative estimate of drug-likeness (QED) is 0.651. The summed E-state index contributed by atoms with van der Waals surface area (Å²) in [6.45, 7) is 0. The highest BCUT2D eigenvalue weighted by Crippen LogP contribution is 2.42. The number of hydrogen-bond donors (Lipinski definition) is 1. The second-order valence-corrected chi connectivity index (χ2v) is 6.25. The average molecular weight is 346 g/mol. The lowest BCUT2D eigenvalue weighted by Crippen LogP contribution is -2.00. The van der Waals surface area contributed by atoms with Gasteiger partial charge in [0.15, 0.2) is 0 Å². The van der Waals surface area contributed by atoms with Gasteiger partial charge >= 0.3 is 0 Å². The lowest BCUT2D eigenvalue weighted by Gasteiger charge is -2.13. The van der Waals surface area contributed by atoms with Gasteiger partial charge in [0, 0.05) is 0 Å². The maximum atomic E-state index is 13.2. The highest BCUT2D eigenvalue weighted by atomic mass is 19.1. The molecule has 0 fully saturated rings. The molecule has 0 bridgehead atoms. The second-order valence-electron chi connectivity index (χ2n) is 6.25. The minimum Gasteiger partial charge on any atom is -0.384 e. The van der Waals surface area contributed by atoms with E-state index in [0.29, 0.717) is 5.56 Å². The Morgan fingerprint density at radius 1 is 0.731 bits per heavy atom. The Hall–Kier alpha value is -3.04. The van der Waals surface area contributed by atoms with E-state index >= 15 is 0 Å². The molecule has 0 saturated heterocycles. The predicted molar refractivity (Wildman–Crippen MR) is 100 cm³/mol. The zero-order valence-electron chi connectivity index (χ0n) is 13.9. The number of fused-ring (bicyclic) bond motifs is 1. The number of halogens is 2. The Morgan fingerprint density at radius 2 is 1.31 bits per heavy atom. The van der Waals surface area contributed by atoms with Crippen LogP contribution < -0.4 is 0 Å². The lowest BCUT2D eigenvalue weighted by molar-refractivity contribution is 0.238. The number of hydrogen-bond acceptors (Lipinski definition) is 1. The van der Waals surface area contributed by atoms with Crippen LogP contribution in [-0.2, 0) is 0 Å². The van der Waals surface area contributed by atoms with Gasteiger partial charge in [0.2, 0.25) is 0 Å². The van der Waals surface area contributed by atoms with Gasteiger partial charge in [-0.15, -0.1) is 0 Å². The molecule has 1 nitrogen and oxygen atoms in total. The zero-order chi connectivity index (χ0) is 18.1. The minimum atomic E-state index is -0.851. The van der Waals surface area contributed by atoms with Gasteiger partial charge in [-0.25, -0.2) is 8.78 Å². The van der Waals surface area contributed by atoms with Gasteiger partial charge in [-0.2, -0.15) is 0 Å². The van der Waals surface area contributed by atoms with E-state index in [1.807, 2.05) is 36.4 Å². The summed E-state index contributed by atoms with van der Waals surface area (Å²) in [5.74, 6) is -0.611. The van der Waals surface area contributed by atoms with Crippen molar-refractivity contribution in [1.29, 1.82) is 0 Å². The Balaban J connectivity index is 1.77. The first kappa shape index (κ1) is 16.4. The molecular formula is C23H16F2O. The fourth-order valence-corrected chi connectivity index (χ4v) is 3.22. The Labute approximate surface area is 150 Å². The molecule has 3 heteroatoms. The lowest BCUT2D eigenvalue weighted by atomic mass is 9.96. The van der Waals surface area contributed by atoms with E-state index in [9.17, 15) is 13.9 Å². The predicted octanol–water partition coefficient (Wildman–Crippen LogP) is 5.64. The van der Waals surface area contributed by atoms with Crippen LogP contribution in [0.5, 0.6) is 0 Å². The van der Waals surface area contributed by atoms with Gasteiger partial charge in [0.25, 0.3) is 0 Å². The first-order chi connectivity index (χ1) is 12.6. The number of aliphatic hydroxyl groups excluding tert-OH is 1. The van der Waals surface area contributed by atoms with Gasteiger partial charge in [0.1, 0.15) is 17.7 Å². The topological polar surface area (TPSA) is 20.2 Å². The van der Waals surface area contributed by atoms with Crippen LogP contribution in [0.25, 0.3) is 17.2 Å². The number of aliphatic hydroxyl groups is 1. The van der Waals surface area contributed by atoms with Crippen LogP contribution in [0, 0.1) is 11.6 Å². The molecule has 128 valence electrons. The van der Waals surface area contributed by atoms with Crippen molar-refractivity contribution in [2.75, 3.05) is 0 Å². The molecule has 0 aromatic heterocycles. The van der Waals surface area contributed by atoms with Crippen molar-refractivity contribution in [2.24, 2.45) is 0 Å². The molecule has 3 aromatic carbocycles. The first-order valence-electron chi connectivity index (χ1n) is 8.34. The summed E-state index contributed by atoms with van der Waals surface area (Å²) in [5, 5.41) is 10.8. The molecule has 0 radical (unpaired) electrons. The highest BCUT2D eigenvalue weighted by molar-refractivity contribution is 6.02. The van der Waals surface area contributed by atoms with E-state index in [-0.39, 0.29) is 11.6 Å². The van der Waals surface area contributed by atoms with Gasteiger partial charge in [-0.3, -0.25) is 0 Å². The monoisotopic (exact) mass is 346 g/mol. The molecule has 26 heavy (non-hydrogen) atoms. The van der Waals surface area contributed by atoms with Crippen LogP contribution in [0.3, 0.4) is 0 Å². The number of rotatable bonds is 3. The molecule has 0 spiro atoms. The largest absolute Gasteiger partial charge is 0.384 e. The Kier molecular flexibility index (Phi) is 4.23. The van der Waals surface area contributed by atoms with Crippen LogP contribution in [0.1, 0.15) is 28.4 Å². The van der Waals surface area contributed by atoms with Crippen molar-refractivity contribution >= 4 is 17.2 Å². The molecular weight excluding hydrogens is 330 g/mol. The number of allylic oxidation sites excluding steroid dienone is 2. The second kappa shape index (κ2) is 6.70. The Morgan fingerprint density at radius 3 is 1.96 bits per heavy atom. The van der Waals surface area contributed by atoms with E-state index in [1.165, 1.54) is 24.3 Å². The Bertz CT molecular complexity index is 999. The summed E-state index contributed by atoms with van der Waals surface area (Å²) < 4.78 is 26.3. The third-order valence-electron chi connectivity index (χ3n) is 4.53. The summed E-state index contributed by atoms with van der Waals surface area (Å²) in [6, 6.07) is 20.0. The molecule has 0 aliphatic heterocycles. The molecule has 1 atom stereocenters.